The molecular weight excluding hydrogens is 260 g/mol. The van der Waals surface area contributed by atoms with Gasteiger partial charge < -0.3 is 4.74 Å². The maximum absolute atomic E-state index is 11.6. The third-order valence-corrected chi connectivity index (χ3v) is 3.03. The lowest BCUT2D eigenvalue weighted by Crippen LogP contribution is -2.15. The smallest absolute Gasteiger partial charge is 0.374 e. The second-order valence-corrected chi connectivity index (χ2v) is 5.01. The normalized spacial score (nSPS) is 11.9. The standard InChI is InChI=1S/C12H13ClO3S/c1-3-17-12(15)16-11(14)8(2)9-4-6-10(13)7-5-9/h4-8H,3H2,1-2H3. The molecule has 1 aromatic carbocycles. The van der Waals surface area contributed by atoms with Gasteiger partial charge in [-0.25, -0.2) is 4.79 Å². The third kappa shape index (κ3) is 4.40. The zero-order valence-electron chi connectivity index (χ0n) is 9.60. The van der Waals surface area contributed by atoms with Crippen LogP contribution in [0.2, 0.25) is 5.02 Å². The quantitative estimate of drug-likeness (QED) is 0.619. The summed E-state index contributed by atoms with van der Waals surface area (Å²) in [5.74, 6) is -0.437. The van der Waals surface area contributed by atoms with Crippen molar-refractivity contribution in [1.82, 2.24) is 0 Å². The highest BCUT2D eigenvalue weighted by Gasteiger charge is 2.19. The summed E-state index contributed by atoms with van der Waals surface area (Å²) in [4.78, 5) is 22.8. The monoisotopic (exact) mass is 272 g/mol. The number of benzene rings is 1. The van der Waals surface area contributed by atoms with E-state index in [9.17, 15) is 9.59 Å². The molecule has 0 fully saturated rings. The molecule has 5 heteroatoms. The first-order chi connectivity index (χ1) is 8.04. The highest BCUT2D eigenvalue weighted by Crippen LogP contribution is 2.20. The van der Waals surface area contributed by atoms with Crippen molar-refractivity contribution in [2.75, 3.05) is 5.75 Å². The molecule has 0 aliphatic heterocycles. The third-order valence-electron chi connectivity index (χ3n) is 2.17. The Morgan fingerprint density at radius 2 is 1.94 bits per heavy atom. The predicted molar refractivity (Wildman–Crippen MR) is 69.5 cm³/mol. The molecule has 1 rings (SSSR count). The van der Waals surface area contributed by atoms with Gasteiger partial charge in [-0.1, -0.05) is 30.7 Å². The fourth-order valence-corrected chi connectivity index (χ4v) is 1.71. The van der Waals surface area contributed by atoms with Gasteiger partial charge in [0.1, 0.15) is 0 Å². The van der Waals surface area contributed by atoms with E-state index in [4.69, 9.17) is 11.6 Å². The van der Waals surface area contributed by atoms with E-state index in [0.717, 1.165) is 17.3 Å². The van der Waals surface area contributed by atoms with Crippen LogP contribution < -0.4 is 0 Å². The number of esters is 1. The Labute approximate surface area is 109 Å². The van der Waals surface area contributed by atoms with Crippen molar-refractivity contribution in [2.24, 2.45) is 0 Å². The summed E-state index contributed by atoms with van der Waals surface area (Å²) >= 11 is 6.72. The molecule has 3 nitrogen and oxygen atoms in total. The lowest BCUT2D eigenvalue weighted by molar-refractivity contribution is -0.137. The minimum atomic E-state index is -0.557. The van der Waals surface area contributed by atoms with Crippen LogP contribution in [0, 0.1) is 0 Å². The number of carbonyl (C=O) groups is 2. The minimum Gasteiger partial charge on any atom is -0.384 e. The van der Waals surface area contributed by atoms with Crippen molar-refractivity contribution < 1.29 is 14.3 Å². The molecule has 0 saturated heterocycles. The molecule has 1 atom stereocenters. The van der Waals surface area contributed by atoms with E-state index >= 15 is 0 Å². The summed E-state index contributed by atoms with van der Waals surface area (Å²) in [5, 5.41) is 0.0465. The van der Waals surface area contributed by atoms with Crippen molar-refractivity contribution in [3.8, 4) is 0 Å². The summed E-state index contributed by atoms with van der Waals surface area (Å²) in [5.41, 5.74) is 0.772. The van der Waals surface area contributed by atoms with Crippen LogP contribution in [0.1, 0.15) is 25.3 Å². The first kappa shape index (κ1) is 14.1. The maximum atomic E-state index is 11.6. The molecule has 0 aromatic heterocycles. The van der Waals surface area contributed by atoms with Crippen molar-refractivity contribution in [3.05, 3.63) is 34.9 Å². The molecule has 1 aromatic rings. The number of hydrogen-bond acceptors (Lipinski definition) is 4. The Morgan fingerprint density at radius 1 is 1.35 bits per heavy atom. The fraction of sp³-hybridized carbons (Fsp3) is 0.333. The van der Waals surface area contributed by atoms with Crippen molar-refractivity contribution in [1.29, 1.82) is 0 Å². The average molecular weight is 273 g/mol. The predicted octanol–water partition coefficient (Wildman–Crippen LogP) is 3.86. The van der Waals surface area contributed by atoms with Gasteiger partial charge in [0, 0.05) is 10.8 Å². The summed E-state index contributed by atoms with van der Waals surface area (Å²) in [6.45, 7) is 3.51. The van der Waals surface area contributed by atoms with Gasteiger partial charge >= 0.3 is 11.3 Å². The summed E-state index contributed by atoms with van der Waals surface area (Å²) < 4.78 is 4.69. The highest BCUT2D eigenvalue weighted by atomic mass is 35.5. The van der Waals surface area contributed by atoms with Crippen molar-refractivity contribution >= 4 is 34.6 Å². The van der Waals surface area contributed by atoms with Crippen LogP contribution in [0.15, 0.2) is 24.3 Å². The molecule has 0 aliphatic rings. The van der Waals surface area contributed by atoms with Gasteiger partial charge in [-0.05, 0) is 36.4 Å². The van der Waals surface area contributed by atoms with E-state index < -0.39 is 17.2 Å². The number of carbonyl (C=O) groups excluding carboxylic acids is 2. The van der Waals surface area contributed by atoms with Crippen LogP contribution in [0.25, 0.3) is 0 Å². The molecule has 0 saturated carbocycles. The molecule has 0 radical (unpaired) electrons. The van der Waals surface area contributed by atoms with Gasteiger partial charge in [0.15, 0.2) is 0 Å². The first-order valence-corrected chi connectivity index (χ1v) is 6.55. The zero-order valence-corrected chi connectivity index (χ0v) is 11.2. The van der Waals surface area contributed by atoms with Crippen LogP contribution in [-0.2, 0) is 9.53 Å². The highest BCUT2D eigenvalue weighted by molar-refractivity contribution is 8.13. The molecule has 0 spiro atoms. The molecule has 0 bridgehead atoms. The Bertz CT molecular complexity index is 403. The molecule has 17 heavy (non-hydrogen) atoms. The number of rotatable bonds is 3. The second-order valence-electron chi connectivity index (χ2n) is 3.38. The second kappa shape index (κ2) is 6.67. The molecule has 0 aliphatic carbocycles. The van der Waals surface area contributed by atoms with E-state index in [1.807, 2.05) is 6.92 Å². The van der Waals surface area contributed by atoms with Crippen LogP contribution in [0.5, 0.6) is 0 Å². The lowest BCUT2D eigenvalue weighted by Gasteiger charge is -2.10. The first-order valence-electron chi connectivity index (χ1n) is 5.18. The van der Waals surface area contributed by atoms with Gasteiger partial charge in [-0.15, -0.1) is 0 Å². The lowest BCUT2D eigenvalue weighted by atomic mass is 10.0. The number of ether oxygens (including phenoxy) is 1. The van der Waals surface area contributed by atoms with E-state index in [2.05, 4.69) is 4.74 Å². The Kier molecular flexibility index (Phi) is 5.51. The van der Waals surface area contributed by atoms with Gasteiger partial charge in [0.2, 0.25) is 0 Å². The van der Waals surface area contributed by atoms with Gasteiger partial charge in [0.25, 0.3) is 0 Å². The molecule has 92 valence electrons. The van der Waals surface area contributed by atoms with Crippen LogP contribution >= 0.6 is 23.4 Å². The Hall–Kier alpha value is -1.00. The zero-order chi connectivity index (χ0) is 12.8. The molecule has 0 N–H and O–H groups in total. The maximum Gasteiger partial charge on any atom is 0.374 e. The van der Waals surface area contributed by atoms with E-state index in [0.29, 0.717) is 10.8 Å². The summed E-state index contributed by atoms with van der Waals surface area (Å²) in [6, 6.07) is 6.88. The Balaban J connectivity index is 2.63. The van der Waals surface area contributed by atoms with Crippen molar-refractivity contribution in [3.63, 3.8) is 0 Å². The molecule has 0 heterocycles. The molecule has 1 unspecified atom stereocenters. The van der Waals surface area contributed by atoms with E-state index in [1.165, 1.54) is 0 Å². The SMILES string of the molecule is CCSC(=O)OC(=O)C(C)c1ccc(Cl)cc1. The fourth-order valence-electron chi connectivity index (χ4n) is 1.21. The largest absolute Gasteiger partial charge is 0.384 e. The van der Waals surface area contributed by atoms with Gasteiger partial charge in [-0.3, -0.25) is 4.79 Å². The van der Waals surface area contributed by atoms with Gasteiger partial charge in [0.05, 0.1) is 5.92 Å². The molecule has 0 amide bonds. The van der Waals surface area contributed by atoms with Crippen LogP contribution in [0.3, 0.4) is 0 Å². The van der Waals surface area contributed by atoms with Crippen LogP contribution in [-0.4, -0.2) is 17.0 Å². The summed E-state index contributed by atoms with van der Waals surface area (Å²) in [6.07, 6.45) is 0. The van der Waals surface area contributed by atoms with Crippen LogP contribution in [0.4, 0.5) is 4.79 Å². The van der Waals surface area contributed by atoms with Crippen molar-refractivity contribution in [2.45, 2.75) is 19.8 Å². The Morgan fingerprint density at radius 3 is 2.47 bits per heavy atom. The summed E-state index contributed by atoms with van der Waals surface area (Å²) in [7, 11) is 0. The topological polar surface area (TPSA) is 43.4 Å². The van der Waals surface area contributed by atoms with E-state index in [1.54, 1.807) is 31.2 Å². The number of thioether (sulfide) groups is 1. The molecular formula is C12H13ClO3S. The van der Waals surface area contributed by atoms with Gasteiger partial charge in [-0.2, -0.15) is 0 Å². The number of hydrogen-bond donors (Lipinski definition) is 0. The number of halogens is 1. The van der Waals surface area contributed by atoms with E-state index in [-0.39, 0.29) is 0 Å². The average Bonchev–Trinajstić information content (AvgIpc) is 2.29. The minimum absolute atomic E-state index is 0.478.